The average Bonchev–Trinajstić information content (AvgIpc) is 3.03. The number of halogens is 1. The minimum atomic E-state index is -1.29. The smallest absolute Gasteiger partial charge is 0.142 e. The first-order chi connectivity index (χ1) is 10.2. The molecule has 1 aromatic carbocycles. The standard InChI is InChI=1S/C16H19FN2OS/c1-20-15-5-3-2-4-14(15)16(17)6-8-19(9-7-16)10-13-11-21-12-18-13/h2-5,11-12H,6-10H2,1H3. The number of thiazole rings is 1. The summed E-state index contributed by atoms with van der Waals surface area (Å²) in [5, 5.41) is 2.05. The molecule has 0 aliphatic carbocycles. The normalized spacial score (nSPS) is 18.6. The molecule has 1 saturated heterocycles. The van der Waals surface area contributed by atoms with Gasteiger partial charge in [0.05, 0.1) is 18.3 Å². The van der Waals surface area contributed by atoms with Gasteiger partial charge in [-0.1, -0.05) is 18.2 Å². The van der Waals surface area contributed by atoms with Crippen LogP contribution in [0, 0.1) is 0 Å². The van der Waals surface area contributed by atoms with Gasteiger partial charge < -0.3 is 4.74 Å². The van der Waals surface area contributed by atoms with Crippen molar-refractivity contribution < 1.29 is 9.13 Å². The number of methoxy groups -OCH3 is 1. The van der Waals surface area contributed by atoms with E-state index in [4.69, 9.17) is 4.74 Å². The molecule has 0 N–H and O–H groups in total. The van der Waals surface area contributed by atoms with Gasteiger partial charge in [-0.15, -0.1) is 11.3 Å². The molecule has 0 unspecified atom stereocenters. The van der Waals surface area contributed by atoms with Gasteiger partial charge in [-0.25, -0.2) is 9.37 Å². The lowest BCUT2D eigenvalue weighted by Crippen LogP contribution is -2.40. The van der Waals surface area contributed by atoms with Crippen LogP contribution in [0.3, 0.4) is 0 Å². The third-order valence-electron chi connectivity index (χ3n) is 4.11. The Balaban J connectivity index is 1.69. The summed E-state index contributed by atoms with van der Waals surface area (Å²) in [5.41, 5.74) is 2.31. The van der Waals surface area contributed by atoms with Crippen LogP contribution in [0.15, 0.2) is 35.2 Å². The zero-order valence-electron chi connectivity index (χ0n) is 12.1. The fourth-order valence-corrected chi connectivity index (χ4v) is 3.44. The van der Waals surface area contributed by atoms with Gasteiger partial charge in [0.25, 0.3) is 0 Å². The van der Waals surface area contributed by atoms with Crippen molar-refractivity contribution in [1.29, 1.82) is 0 Å². The number of para-hydroxylation sites is 1. The number of piperidine rings is 1. The van der Waals surface area contributed by atoms with Gasteiger partial charge in [0, 0.05) is 30.6 Å². The van der Waals surface area contributed by atoms with Crippen molar-refractivity contribution in [3.63, 3.8) is 0 Å². The van der Waals surface area contributed by atoms with E-state index < -0.39 is 5.67 Å². The van der Waals surface area contributed by atoms with Crippen LogP contribution in [0.4, 0.5) is 4.39 Å². The highest BCUT2D eigenvalue weighted by atomic mass is 32.1. The molecule has 1 aromatic heterocycles. The van der Waals surface area contributed by atoms with Gasteiger partial charge in [-0.3, -0.25) is 4.90 Å². The number of aromatic nitrogens is 1. The molecule has 21 heavy (non-hydrogen) atoms. The third kappa shape index (κ3) is 3.09. The number of rotatable bonds is 4. The van der Waals surface area contributed by atoms with E-state index in [-0.39, 0.29) is 0 Å². The Morgan fingerprint density at radius 1 is 1.33 bits per heavy atom. The lowest BCUT2D eigenvalue weighted by molar-refractivity contribution is 0.0501. The van der Waals surface area contributed by atoms with Crippen molar-refractivity contribution in [3.8, 4) is 5.75 Å². The zero-order valence-corrected chi connectivity index (χ0v) is 12.9. The number of hydrogen-bond donors (Lipinski definition) is 0. The van der Waals surface area contributed by atoms with E-state index in [1.54, 1.807) is 18.4 Å². The largest absolute Gasteiger partial charge is 0.496 e. The van der Waals surface area contributed by atoms with E-state index in [9.17, 15) is 0 Å². The SMILES string of the molecule is COc1ccccc1C1(F)CCN(Cc2cscn2)CC1. The molecule has 1 aliphatic rings. The Labute approximate surface area is 128 Å². The third-order valence-corrected chi connectivity index (χ3v) is 4.74. The summed E-state index contributed by atoms with van der Waals surface area (Å²) in [4.78, 5) is 6.56. The minimum absolute atomic E-state index is 0.498. The maximum absolute atomic E-state index is 15.3. The van der Waals surface area contributed by atoms with Gasteiger partial charge >= 0.3 is 0 Å². The number of hydrogen-bond acceptors (Lipinski definition) is 4. The molecular formula is C16H19FN2OS. The molecule has 0 bridgehead atoms. The van der Waals surface area contributed by atoms with Crippen LogP contribution in [0.2, 0.25) is 0 Å². The van der Waals surface area contributed by atoms with Crippen molar-refractivity contribution in [2.75, 3.05) is 20.2 Å². The van der Waals surface area contributed by atoms with Crippen molar-refractivity contribution in [2.24, 2.45) is 0 Å². The number of nitrogens with zero attached hydrogens (tertiary/aromatic N) is 2. The van der Waals surface area contributed by atoms with Crippen LogP contribution in [-0.2, 0) is 12.2 Å². The minimum Gasteiger partial charge on any atom is -0.496 e. The molecule has 0 saturated carbocycles. The van der Waals surface area contributed by atoms with Crippen LogP contribution in [0.5, 0.6) is 5.75 Å². The maximum Gasteiger partial charge on any atom is 0.142 e. The van der Waals surface area contributed by atoms with Crippen LogP contribution < -0.4 is 4.74 Å². The fraction of sp³-hybridized carbons (Fsp3) is 0.438. The number of alkyl halides is 1. The van der Waals surface area contributed by atoms with Gasteiger partial charge in [-0.2, -0.15) is 0 Å². The molecule has 1 fully saturated rings. The molecule has 3 rings (SSSR count). The first-order valence-electron chi connectivity index (χ1n) is 7.13. The van der Waals surface area contributed by atoms with E-state index in [1.807, 2.05) is 29.8 Å². The first-order valence-corrected chi connectivity index (χ1v) is 8.07. The molecule has 2 heterocycles. The van der Waals surface area contributed by atoms with Gasteiger partial charge in [0.1, 0.15) is 11.4 Å². The highest BCUT2D eigenvalue weighted by molar-refractivity contribution is 7.07. The molecule has 2 aromatic rings. The van der Waals surface area contributed by atoms with E-state index in [1.165, 1.54) is 0 Å². The summed E-state index contributed by atoms with van der Waals surface area (Å²) in [6, 6.07) is 7.43. The fourth-order valence-electron chi connectivity index (χ4n) is 2.89. The molecule has 5 heteroatoms. The molecule has 3 nitrogen and oxygen atoms in total. The van der Waals surface area contributed by atoms with Gasteiger partial charge in [0.2, 0.25) is 0 Å². The summed E-state index contributed by atoms with van der Waals surface area (Å²) in [6.07, 6.45) is 0.995. The van der Waals surface area contributed by atoms with Crippen LogP contribution >= 0.6 is 11.3 Å². The second-order valence-electron chi connectivity index (χ2n) is 5.42. The Hall–Kier alpha value is -1.46. The van der Waals surface area contributed by atoms with E-state index in [0.29, 0.717) is 24.2 Å². The monoisotopic (exact) mass is 306 g/mol. The summed E-state index contributed by atoms with van der Waals surface area (Å²) in [5.74, 6) is 0.646. The molecule has 1 aliphatic heterocycles. The summed E-state index contributed by atoms with van der Waals surface area (Å²) in [7, 11) is 1.60. The van der Waals surface area contributed by atoms with Gasteiger partial charge in [0.15, 0.2) is 0 Å². The Morgan fingerprint density at radius 3 is 2.76 bits per heavy atom. The molecular weight excluding hydrogens is 287 g/mol. The molecule has 0 atom stereocenters. The highest BCUT2D eigenvalue weighted by Crippen LogP contribution is 2.41. The highest BCUT2D eigenvalue weighted by Gasteiger charge is 2.38. The van der Waals surface area contributed by atoms with Crippen LogP contribution in [0.25, 0.3) is 0 Å². The predicted molar refractivity (Wildman–Crippen MR) is 82.4 cm³/mol. The van der Waals surface area contributed by atoms with Crippen molar-refractivity contribution >= 4 is 11.3 Å². The lowest BCUT2D eigenvalue weighted by Gasteiger charge is -2.37. The zero-order chi connectivity index (χ0) is 14.7. The quantitative estimate of drug-likeness (QED) is 0.863. The topological polar surface area (TPSA) is 25.4 Å². The molecule has 112 valence electrons. The number of benzene rings is 1. The van der Waals surface area contributed by atoms with Crippen molar-refractivity contribution in [1.82, 2.24) is 9.88 Å². The number of likely N-dealkylation sites (tertiary alicyclic amines) is 1. The van der Waals surface area contributed by atoms with Crippen LogP contribution in [-0.4, -0.2) is 30.1 Å². The van der Waals surface area contributed by atoms with E-state index in [2.05, 4.69) is 15.3 Å². The maximum atomic E-state index is 15.3. The summed E-state index contributed by atoms with van der Waals surface area (Å²) < 4.78 is 20.6. The lowest BCUT2D eigenvalue weighted by atomic mass is 9.85. The van der Waals surface area contributed by atoms with Crippen LogP contribution in [0.1, 0.15) is 24.1 Å². The summed E-state index contributed by atoms with van der Waals surface area (Å²) >= 11 is 1.60. The molecule has 0 amide bonds. The number of ether oxygens (including phenoxy) is 1. The summed E-state index contributed by atoms with van der Waals surface area (Å²) in [6.45, 7) is 2.30. The second-order valence-corrected chi connectivity index (χ2v) is 6.14. The predicted octanol–water partition coefficient (Wildman–Crippen LogP) is 3.61. The van der Waals surface area contributed by atoms with Crippen molar-refractivity contribution in [3.05, 3.63) is 46.4 Å². The molecule has 0 radical (unpaired) electrons. The Morgan fingerprint density at radius 2 is 2.10 bits per heavy atom. The van der Waals surface area contributed by atoms with E-state index in [0.717, 1.165) is 25.3 Å². The van der Waals surface area contributed by atoms with E-state index >= 15 is 4.39 Å². The van der Waals surface area contributed by atoms with Gasteiger partial charge in [-0.05, 0) is 18.9 Å². The second kappa shape index (κ2) is 6.12. The Kier molecular flexibility index (Phi) is 4.22. The first kappa shape index (κ1) is 14.5. The Bertz CT molecular complexity index is 580. The average molecular weight is 306 g/mol. The van der Waals surface area contributed by atoms with Crippen molar-refractivity contribution in [2.45, 2.75) is 25.1 Å². The molecule has 0 spiro atoms.